The number of fused-ring (bicyclic) bond motifs is 1. The third kappa shape index (κ3) is 4.55. The normalized spacial score (nSPS) is 11.6. The van der Waals surface area contributed by atoms with Crippen molar-refractivity contribution in [1.82, 2.24) is 20.6 Å². The van der Waals surface area contributed by atoms with E-state index in [0.717, 1.165) is 11.4 Å². The highest BCUT2D eigenvalue weighted by molar-refractivity contribution is 5.99. The summed E-state index contributed by atoms with van der Waals surface area (Å²) in [4.78, 5) is 45.6. The Bertz CT molecular complexity index is 1080. The monoisotopic (exact) mass is 392 g/mol. The molecule has 0 saturated heterocycles. The molecule has 0 bridgehead atoms. The van der Waals surface area contributed by atoms with Crippen molar-refractivity contribution in [3.63, 3.8) is 0 Å². The van der Waals surface area contributed by atoms with E-state index in [1.54, 1.807) is 48.5 Å². The fraction of sp³-hybridized carbons (Fsp3) is 0.190. The first-order valence-electron chi connectivity index (χ1n) is 8.92. The lowest BCUT2D eigenvalue weighted by Gasteiger charge is -2.17. The second kappa shape index (κ2) is 8.47. The van der Waals surface area contributed by atoms with Crippen LogP contribution in [0.25, 0.3) is 11.0 Å². The Labute approximate surface area is 167 Å². The van der Waals surface area contributed by atoms with Crippen LogP contribution in [-0.2, 0) is 9.53 Å². The number of rotatable bonds is 4. The number of carbonyl (C=O) groups is 3. The zero-order valence-corrected chi connectivity index (χ0v) is 16.2. The standard InChI is InChI=1S/C21H20N4O4/c1-12-13(2)24-17-11-15(9-10-16(17)23-12)20(27)29-18(14-7-5-4-6-8-14)19(26)25-21(28)22-3/h4-11,18H,1-3H3,(H2,22,25,26,28)/t18-/m1/s1. The van der Waals surface area contributed by atoms with Crippen molar-refractivity contribution < 1.29 is 19.1 Å². The Balaban J connectivity index is 1.89. The summed E-state index contributed by atoms with van der Waals surface area (Å²) >= 11 is 0. The molecule has 8 nitrogen and oxygen atoms in total. The highest BCUT2D eigenvalue weighted by Crippen LogP contribution is 2.21. The summed E-state index contributed by atoms with van der Waals surface area (Å²) in [5.74, 6) is -1.47. The van der Waals surface area contributed by atoms with E-state index >= 15 is 0 Å². The van der Waals surface area contributed by atoms with Crippen molar-refractivity contribution in [2.24, 2.45) is 0 Å². The molecular weight excluding hydrogens is 372 g/mol. The zero-order chi connectivity index (χ0) is 21.0. The van der Waals surface area contributed by atoms with Gasteiger partial charge in [-0.2, -0.15) is 0 Å². The Hall–Kier alpha value is -3.81. The SMILES string of the molecule is CNC(=O)NC(=O)[C@H](OC(=O)c1ccc2nc(C)c(C)nc2c1)c1ccccc1. The average Bonchev–Trinajstić information content (AvgIpc) is 2.72. The number of nitrogens with one attached hydrogen (secondary N) is 2. The predicted molar refractivity (Wildman–Crippen MR) is 106 cm³/mol. The van der Waals surface area contributed by atoms with Gasteiger partial charge in [0.15, 0.2) is 0 Å². The molecule has 3 rings (SSSR count). The summed E-state index contributed by atoms with van der Waals surface area (Å²) in [5.41, 5.74) is 3.44. The summed E-state index contributed by atoms with van der Waals surface area (Å²) < 4.78 is 5.45. The molecule has 0 fully saturated rings. The van der Waals surface area contributed by atoms with Crippen molar-refractivity contribution in [2.75, 3.05) is 7.05 Å². The second-order valence-corrected chi connectivity index (χ2v) is 6.36. The van der Waals surface area contributed by atoms with Crippen LogP contribution in [0.5, 0.6) is 0 Å². The smallest absolute Gasteiger partial charge is 0.339 e. The first-order chi connectivity index (χ1) is 13.9. The average molecular weight is 392 g/mol. The number of amides is 3. The minimum atomic E-state index is -1.29. The van der Waals surface area contributed by atoms with Gasteiger partial charge in [0, 0.05) is 12.6 Å². The van der Waals surface area contributed by atoms with Gasteiger partial charge in [-0.25, -0.2) is 19.6 Å². The van der Waals surface area contributed by atoms with Gasteiger partial charge in [0.1, 0.15) is 0 Å². The van der Waals surface area contributed by atoms with Gasteiger partial charge in [0.2, 0.25) is 6.10 Å². The van der Waals surface area contributed by atoms with Crippen molar-refractivity contribution in [3.8, 4) is 0 Å². The Morgan fingerprint density at radius 2 is 1.59 bits per heavy atom. The molecule has 0 radical (unpaired) electrons. The minimum Gasteiger partial charge on any atom is -0.444 e. The fourth-order valence-corrected chi connectivity index (χ4v) is 2.67. The molecule has 0 aliphatic carbocycles. The number of imide groups is 1. The maximum Gasteiger partial charge on any atom is 0.339 e. The summed E-state index contributed by atoms with van der Waals surface area (Å²) in [6.07, 6.45) is -1.29. The van der Waals surface area contributed by atoms with E-state index in [1.807, 2.05) is 13.8 Å². The largest absolute Gasteiger partial charge is 0.444 e. The first kappa shape index (κ1) is 19.9. The summed E-state index contributed by atoms with van der Waals surface area (Å²) in [6, 6.07) is 12.6. The van der Waals surface area contributed by atoms with Crippen LogP contribution < -0.4 is 10.6 Å². The molecule has 2 aromatic carbocycles. The Morgan fingerprint density at radius 3 is 2.24 bits per heavy atom. The molecule has 8 heteroatoms. The zero-order valence-electron chi connectivity index (χ0n) is 16.2. The van der Waals surface area contributed by atoms with Crippen LogP contribution >= 0.6 is 0 Å². The maximum absolute atomic E-state index is 12.7. The number of esters is 1. The molecule has 0 saturated carbocycles. The van der Waals surface area contributed by atoms with Crippen LogP contribution in [0.15, 0.2) is 48.5 Å². The minimum absolute atomic E-state index is 0.226. The molecule has 3 aromatic rings. The van der Waals surface area contributed by atoms with E-state index in [-0.39, 0.29) is 5.56 Å². The number of aryl methyl sites for hydroxylation is 2. The molecule has 29 heavy (non-hydrogen) atoms. The van der Waals surface area contributed by atoms with Gasteiger partial charge < -0.3 is 10.1 Å². The van der Waals surface area contributed by atoms with E-state index in [1.165, 1.54) is 7.05 Å². The topological polar surface area (TPSA) is 110 Å². The molecule has 2 N–H and O–H groups in total. The third-order valence-corrected chi connectivity index (χ3v) is 4.34. The molecule has 1 heterocycles. The van der Waals surface area contributed by atoms with Gasteiger partial charge in [0.05, 0.1) is 28.0 Å². The van der Waals surface area contributed by atoms with Gasteiger partial charge in [-0.15, -0.1) is 0 Å². The van der Waals surface area contributed by atoms with E-state index in [4.69, 9.17) is 4.74 Å². The van der Waals surface area contributed by atoms with E-state index in [2.05, 4.69) is 20.6 Å². The molecule has 0 unspecified atom stereocenters. The third-order valence-electron chi connectivity index (χ3n) is 4.34. The molecule has 148 valence electrons. The highest BCUT2D eigenvalue weighted by Gasteiger charge is 2.27. The highest BCUT2D eigenvalue weighted by atomic mass is 16.5. The van der Waals surface area contributed by atoms with Crippen LogP contribution in [0.4, 0.5) is 4.79 Å². The van der Waals surface area contributed by atoms with Gasteiger partial charge in [-0.05, 0) is 32.0 Å². The molecule has 1 atom stereocenters. The molecule has 3 amide bonds. The van der Waals surface area contributed by atoms with E-state index in [0.29, 0.717) is 16.6 Å². The Kier molecular flexibility index (Phi) is 5.82. The number of nitrogens with zero attached hydrogens (tertiary/aromatic N) is 2. The summed E-state index contributed by atoms with van der Waals surface area (Å²) in [5, 5.41) is 4.43. The molecule has 1 aromatic heterocycles. The Morgan fingerprint density at radius 1 is 0.931 bits per heavy atom. The lowest BCUT2D eigenvalue weighted by molar-refractivity contribution is -0.129. The lowest BCUT2D eigenvalue weighted by Crippen LogP contribution is -2.41. The number of carbonyl (C=O) groups excluding carboxylic acids is 3. The summed E-state index contributed by atoms with van der Waals surface area (Å²) in [6.45, 7) is 3.70. The van der Waals surface area contributed by atoms with Gasteiger partial charge in [0.25, 0.3) is 5.91 Å². The number of aromatic nitrogens is 2. The van der Waals surface area contributed by atoms with Crippen LogP contribution in [0.3, 0.4) is 0 Å². The van der Waals surface area contributed by atoms with Crippen LogP contribution in [-0.4, -0.2) is 34.9 Å². The molecule has 0 spiro atoms. The van der Waals surface area contributed by atoms with Crippen molar-refractivity contribution in [1.29, 1.82) is 0 Å². The molecule has 0 aliphatic heterocycles. The number of benzene rings is 2. The number of hydrogen-bond donors (Lipinski definition) is 2. The van der Waals surface area contributed by atoms with Gasteiger partial charge >= 0.3 is 12.0 Å². The maximum atomic E-state index is 12.7. The second-order valence-electron chi connectivity index (χ2n) is 6.36. The van der Waals surface area contributed by atoms with E-state index in [9.17, 15) is 14.4 Å². The van der Waals surface area contributed by atoms with Crippen LogP contribution in [0.1, 0.15) is 33.4 Å². The van der Waals surface area contributed by atoms with Crippen molar-refractivity contribution in [2.45, 2.75) is 20.0 Å². The molecular formula is C21H20N4O4. The number of urea groups is 1. The molecule has 0 aliphatic rings. The van der Waals surface area contributed by atoms with Crippen molar-refractivity contribution >= 4 is 28.9 Å². The van der Waals surface area contributed by atoms with Crippen LogP contribution in [0, 0.1) is 13.8 Å². The first-order valence-corrected chi connectivity index (χ1v) is 8.92. The quantitative estimate of drug-likeness (QED) is 0.661. The van der Waals surface area contributed by atoms with Gasteiger partial charge in [-0.1, -0.05) is 30.3 Å². The fourth-order valence-electron chi connectivity index (χ4n) is 2.67. The van der Waals surface area contributed by atoms with E-state index < -0.39 is 24.0 Å². The van der Waals surface area contributed by atoms with Crippen molar-refractivity contribution in [3.05, 3.63) is 71.0 Å². The lowest BCUT2D eigenvalue weighted by atomic mass is 10.1. The number of hydrogen-bond acceptors (Lipinski definition) is 6. The van der Waals surface area contributed by atoms with Crippen LogP contribution in [0.2, 0.25) is 0 Å². The number of ether oxygens (including phenoxy) is 1. The predicted octanol–water partition coefficient (Wildman–Crippen LogP) is 2.60. The van der Waals surface area contributed by atoms with Gasteiger partial charge in [-0.3, -0.25) is 10.1 Å². The summed E-state index contributed by atoms with van der Waals surface area (Å²) in [7, 11) is 1.38.